The predicted molar refractivity (Wildman–Crippen MR) is 78.5 cm³/mol. The van der Waals surface area contributed by atoms with Gasteiger partial charge in [0.2, 0.25) is 9.84 Å². The first kappa shape index (κ1) is 17.2. The first-order valence-electron chi connectivity index (χ1n) is 5.99. The molecule has 2 aromatic carbocycles. The third-order valence-electron chi connectivity index (χ3n) is 2.75. The van der Waals surface area contributed by atoms with Gasteiger partial charge in [-0.2, -0.15) is 8.78 Å². The number of halogens is 2. The van der Waals surface area contributed by atoms with Crippen LogP contribution in [0.25, 0.3) is 0 Å². The molecule has 0 bridgehead atoms. The number of benzene rings is 2. The van der Waals surface area contributed by atoms with Crippen LogP contribution in [0.3, 0.4) is 0 Å². The number of nitro benzene ring substituents is 1. The summed E-state index contributed by atoms with van der Waals surface area (Å²) in [5, 5.41) is 20.3. The Morgan fingerprint density at radius 2 is 1.74 bits per heavy atom. The Labute approximate surface area is 133 Å². The number of sulfone groups is 1. The van der Waals surface area contributed by atoms with E-state index in [1.165, 1.54) is 24.3 Å². The van der Waals surface area contributed by atoms with Crippen molar-refractivity contribution in [3.63, 3.8) is 0 Å². The number of rotatable bonds is 5. The minimum Gasteiger partial charge on any atom is -0.508 e. The molecule has 122 valence electrons. The normalized spacial score (nSPS) is 11.6. The second-order valence-corrected chi connectivity index (χ2v) is 7.32. The zero-order valence-electron chi connectivity index (χ0n) is 11.2. The lowest BCUT2D eigenvalue weighted by Crippen LogP contribution is -2.11. The van der Waals surface area contributed by atoms with Crippen LogP contribution in [0.15, 0.2) is 57.2 Å². The standard InChI is InChI=1S/C13H9F2NO5S2/c14-13(15)23(20,21)10-5-6-12(11(7-10)16(18)19)22-9-3-1-8(17)2-4-9/h1-7,13,17H. The van der Waals surface area contributed by atoms with E-state index < -0.39 is 31.1 Å². The first-order valence-corrected chi connectivity index (χ1v) is 8.35. The molecule has 6 nitrogen and oxygen atoms in total. The van der Waals surface area contributed by atoms with E-state index in [1.807, 2.05) is 0 Å². The van der Waals surface area contributed by atoms with Crippen molar-refractivity contribution in [2.24, 2.45) is 0 Å². The van der Waals surface area contributed by atoms with E-state index in [1.54, 1.807) is 0 Å². The maximum Gasteiger partial charge on any atom is 0.341 e. The first-order chi connectivity index (χ1) is 10.7. The second-order valence-electron chi connectivity index (χ2n) is 4.29. The van der Waals surface area contributed by atoms with Crippen molar-refractivity contribution in [1.29, 1.82) is 0 Å². The van der Waals surface area contributed by atoms with Crippen LogP contribution in [0.2, 0.25) is 0 Å². The number of nitro groups is 1. The van der Waals surface area contributed by atoms with Gasteiger partial charge in [-0.05, 0) is 36.4 Å². The van der Waals surface area contributed by atoms with Crippen LogP contribution in [0, 0.1) is 10.1 Å². The Morgan fingerprint density at radius 1 is 1.13 bits per heavy atom. The number of phenols is 1. The molecule has 10 heteroatoms. The summed E-state index contributed by atoms with van der Waals surface area (Å²) in [7, 11) is -4.91. The van der Waals surface area contributed by atoms with Gasteiger partial charge in [0.05, 0.1) is 14.7 Å². The molecule has 0 saturated carbocycles. The van der Waals surface area contributed by atoms with Crippen LogP contribution in [0.5, 0.6) is 5.75 Å². The molecule has 0 spiro atoms. The summed E-state index contributed by atoms with van der Waals surface area (Å²) in [6.45, 7) is 0. The van der Waals surface area contributed by atoms with Crippen molar-refractivity contribution < 1.29 is 27.2 Å². The fourth-order valence-electron chi connectivity index (χ4n) is 1.65. The van der Waals surface area contributed by atoms with Crippen molar-refractivity contribution in [2.45, 2.75) is 20.4 Å². The van der Waals surface area contributed by atoms with E-state index in [2.05, 4.69) is 0 Å². The largest absolute Gasteiger partial charge is 0.508 e. The molecule has 0 saturated heterocycles. The molecule has 0 heterocycles. The summed E-state index contributed by atoms with van der Waals surface area (Å²) in [5.41, 5.74) is -0.593. The Bertz CT molecular complexity index is 838. The van der Waals surface area contributed by atoms with Gasteiger partial charge in [-0.1, -0.05) is 11.8 Å². The lowest BCUT2D eigenvalue weighted by molar-refractivity contribution is -0.388. The molecule has 0 amide bonds. The Balaban J connectivity index is 2.45. The number of nitrogens with zero attached hydrogens (tertiary/aromatic N) is 1. The van der Waals surface area contributed by atoms with Gasteiger partial charge in [-0.25, -0.2) is 8.42 Å². The van der Waals surface area contributed by atoms with Gasteiger partial charge in [-0.15, -0.1) is 0 Å². The smallest absolute Gasteiger partial charge is 0.341 e. The Kier molecular flexibility index (Phi) is 4.85. The molecule has 0 fully saturated rings. The monoisotopic (exact) mass is 361 g/mol. The summed E-state index contributed by atoms with van der Waals surface area (Å²) in [5.74, 6) is -3.64. The lowest BCUT2D eigenvalue weighted by Gasteiger charge is -2.07. The summed E-state index contributed by atoms with van der Waals surface area (Å²) in [6, 6.07) is 8.39. The average Bonchev–Trinajstić information content (AvgIpc) is 2.49. The molecule has 23 heavy (non-hydrogen) atoms. The molecule has 2 rings (SSSR count). The molecule has 0 atom stereocenters. The van der Waals surface area contributed by atoms with Gasteiger partial charge in [-0.3, -0.25) is 10.1 Å². The predicted octanol–water partition coefficient (Wildman–Crippen LogP) is 3.45. The quantitative estimate of drug-likeness (QED) is 0.647. The highest BCUT2D eigenvalue weighted by Crippen LogP contribution is 2.37. The molecule has 0 aliphatic carbocycles. The number of phenolic OH excluding ortho intramolecular Hbond substituents is 1. The number of hydrogen-bond donors (Lipinski definition) is 1. The average molecular weight is 361 g/mol. The summed E-state index contributed by atoms with van der Waals surface area (Å²) >= 11 is 0.944. The minimum atomic E-state index is -4.91. The van der Waals surface area contributed by atoms with Crippen LogP contribution in [-0.4, -0.2) is 24.2 Å². The van der Waals surface area contributed by atoms with E-state index in [-0.39, 0.29) is 10.6 Å². The molecule has 0 aromatic heterocycles. The highest BCUT2D eigenvalue weighted by Gasteiger charge is 2.29. The molecule has 0 aliphatic heterocycles. The maximum atomic E-state index is 12.5. The Hall–Kier alpha value is -2.20. The summed E-state index contributed by atoms with van der Waals surface area (Å²) in [6.07, 6.45) is 0. The van der Waals surface area contributed by atoms with Gasteiger partial charge in [0.25, 0.3) is 5.69 Å². The lowest BCUT2D eigenvalue weighted by atomic mass is 10.3. The molecule has 0 radical (unpaired) electrons. The third kappa shape index (κ3) is 3.77. The minimum absolute atomic E-state index is 0.0159. The van der Waals surface area contributed by atoms with Gasteiger partial charge >= 0.3 is 5.76 Å². The topological polar surface area (TPSA) is 97.5 Å². The maximum absolute atomic E-state index is 12.5. The highest BCUT2D eigenvalue weighted by molar-refractivity contribution is 7.99. The van der Waals surface area contributed by atoms with E-state index in [9.17, 15) is 32.4 Å². The number of aromatic hydroxyl groups is 1. The van der Waals surface area contributed by atoms with Gasteiger partial charge in [0.15, 0.2) is 0 Å². The van der Waals surface area contributed by atoms with Crippen LogP contribution in [-0.2, 0) is 9.84 Å². The van der Waals surface area contributed by atoms with E-state index >= 15 is 0 Å². The van der Waals surface area contributed by atoms with Gasteiger partial charge < -0.3 is 5.11 Å². The van der Waals surface area contributed by atoms with E-state index in [4.69, 9.17) is 0 Å². The van der Waals surface area contributed by atoms with Crippen molar-refractivity contribution in [3.05, 3.63) is 52.6 Å². The van der Waals surface area contributed by atoms with Crippen LogP contribution in [0.1, 0.15) is 0 Å². The highest BCUT2D eigenvalue weighted by atomic mass is 32.2. The number of hydrogen-bond acceptors (Lipinski definition) is 6. The molecular weight excluding hydrogens is 352 g/mol. The number of alkyl halides is 2. The van der Waals surface area contributed by atoms with Crippen LogP contribution in [0.4, 0.5) is 14.5 Å². The summed E-state index contributed by atoms with van der Waals surface area (Å²) in [4.78, 5) is 10.1. The molecule has 0 aliphatic rings. The van der Waals surface area contributed by atoms with Gasteiger partial charge in [0, 0.05) is 11.0 Å². The van der Waals surface area contributed by atoms with Crippen LogP contribution >= 0.6 is 11.8 Å². The molecule has 0 unspecified atom stereocenters. The van der Waals surface area contributed by atoms with Gasteiger partial charge in [0.1, 0.15) is 5.75 Å². The van der Waals surface area contributed by atoms with Crippen LogP contribution < -0.4 is 0 Å². The van der Waals surface area contributed by atoms with Crippen molar-refractivity contribution in [2.75, 3.05) is 0 Å². The zero-order chi connectivity index (χ0) is 17.2. The third-order valence-corrected chi connectivity index (χ3v) is 5.21. The van der Waals surface area contributed by atoms with E-state index in [0.717, 1.165) is 23.9 Å². The fourth-order valence-corrected chi connectivity index (χ4v) is 3.29. The van der Waals surface area contributed by atoms with Crippen molar-refractivity contribution in [1.82, 2.24) is 0 Å². The molecule has 1 N–H and O–H groups in total. The second kappa shape index (κ2) is 6.50. The van der Waals surface area contributed by atoms with Crippen molar-refractivity contribution >= 4 is 27.3 Å². The molecule has 2 aromatic rings. The van der Waals surface area contributed by atoms with E-state index in [0.29, 0.717) is 11.0 Å². The van der Waals surface area contributed by atoms with Crippen molar-refractivity contribution in [3.8, 4) is 5.75 Å². The fraction of sp³-hybridized carbons (Fsp3) is 0.0769. The SMILES string of the molecule is O=[N+]([O-])c1cc(S(=O)(=O)C(F)F)ccc1Sc1ccc(O)cc1. The summed E-state index contributed by atoms with van der Waals surface area (Å²) < 4.78 is 47.9. The zero-order valence-corrected chi connectivity index (χ0v) is 12.9. The Morgan fingerprint density at radius 3 is 2.26 bits per heavy atom. The molecular formula is C13H9F2NO5S2.